The van der Waals surface area contributed by atoms with Crippen molar-refractivity contribution in [1.29, 1.82) is 0 Å². The molecule has 4 nitrogen and oxygen atoms in total. The Morgan fingerprint density at radius 1 is 1.24 bits per heavy atom. The Hall–Kier alpha value is -0.770. The number of ether oxygens (including phenoxy) is 1. The second kappa shape index (κ2) is 8.62. The molecule has 1 aliphatic carbocycles. The third kappa shape index (κ3) is 5.17. The molecule has 0 bridgehead atoms. The van der Waals surface area contributed by atoms with Crippen molar-refractivity contribution in [2.75, 3.05) is 39.9 Å². The fourth-order valence-corrected chi connectivity index (χ4v) is 3.60. The van der Waals surface area contributed by atoms with Crippen LogP contribution >= 0.6 is 0 Å². The molecular weight excluding hydrogens is 262 g/mol. The summed E-state index contributed by atoms with van der Waals surface area (Å²) in [6.07, 6.45) is 6.73. The normalized spacial score (nSPS) is 26.3. The molecule has 0 spiro atoms. The van der Waals surface area contributed by atoms with E-state index in [2.05, 4.69) is 29.1 Å². The smallest absolute Gasteiger partial charge is 0.193 e. The molecule has 2 atom stereocenters. The van der Waals surface area contributed by atoms with Crippen LogP contribution in [0.2, 0.25) is 0 Å². The SMILES string of the molecule is CN=C(NCCCOCC(C)C)N1CC2CCCCC2C1. The third-order valence-electron chi connectivity index (χ3n) is 4.69. The van der Waals surface area contributed by atoms with E-state index in [1.54, 1.807) is 0 Å². The maximum atomic E-state index is 5.62. The van der Waals surface area contributed by atoms with Crippen LogP contribution in [0, 0.1) is 17.8 Å². The average Bonchev–Trinajstić information content (AvgIpc) is 2.89. The fraction of sp³-hybridized carbons (Fsp3) is 0.941. The van der Waals surface area contributed by atoms with E-state index in [1.807, 2.05) is 7.05 Å². The van der Waals surface area contributed by atoms with Gasteiger partial charge in [0.15, 0.2) is 5.96 Å². The van der Waals surface area contributed by atoms with Crippen molar-refractivity contribution in [2.45, 2.75) is 46.0 Å². The van der Waals surface area contributed by atoms with Gasteiger partial charge in [0, 0.05) is 39.9 Å². The molecule has 0 aromatic heterocycles. The molecule has 2 rings (SSSR count). The van der Waals surface area contributed by atoms with E-state index < -0.39 is 0 Å². The molecule has 0 radical (unpaired) electrons. The van der Waals surface area contributed by atoms with Gasteiger partial charge in [0.2, 0.25) is 0 Å². The van der Waals surface area contributed by atoms with Gasteiger partial charge >= 0.3 is 0 Å². The Balaban J connectivity index is 1.64. The van der Waals surface area contributed by atoms with Crippen LogP contribution in [0.1, 0.15) is 46.0 Å². The molecule has 2 fully saturated rings. The van der Waals surface area contributed by atoms with E-state index in [0.717, 1.165) is 44.0 Å². The van der Waals surface area contributed by atoms with Crippen LogP contribution in [-0.4, -0.2) is 50.8 Å². The number of aliphatic imine (C=N–C) groups is 1. The van der Waals surface area contributed by atoms with Gasteiger partial charge in [0.05, 0.1) is 0 Å². The zero-order chi connectivity index (χ0) is 15.1. The van der Waals surface area contributed by atoms with Crippen LogP contribution in [0.15, 0.2) is 4.99 Å². The number of hydrogen-bond donors (Lipinski definition) is 1. The number of likely N-dealkylation sites (tertiary alicyclic amines) is 1. The summed E-state index contributed by atoms with van der Waals surface area (Å²) in [5.74, 6) is 3.53. The molecule has 0 amide bonds. The van der Waals surface area contributed by atoms with Gasteiger partial charge in [0.25, 0.3) is 0 Å². The lowest BCUT2D eigenvalue weighted by atomic mass is 9.82. The minimum Gasteiger partial charge on any atom is -0.381 e. The van der Waals surface area contributed by atoms with Gasteiger partial charge in [-0.05, 0) is 37.0 Å². The first kappa shape index (κ1) is 16.6. The van der Waals surface area contributed by atoms with E-state index in [1.165, 1.54) is 38.8 Å². The molecule has 0 aromatic rings. The Kier molecular flexibility index (Phi) is 6.81. The molecule has 2 aliphatic rings. The topological polar surface area (TPSA) is 36.9 Å². The predicted molar refractivity (Wildman–Crippen MR) is 88.7 cm³/mol. The summed E-state index contributed by atoms with van der Waals surface area (Å²) in [5.41, 5.74) is 0. The average molecular weight is 295 g/mol. The molecule has 1 saturated carbocycles. The van der Waals surface area contributed by atoms with E-state index >= 15 is 0 Å². The number of nitrogens with zero attached hydrogens (tertiary/aromatic N) is 2. The number of guanidine groups is 1. The van der Waals surface area contributed by atoms with Crippen molar-refractivity contribution in [2.24, 2.45) is 22.7 Å². The van der Waals surface area contributed by atoms with Crippen LogP contribution in [0.4, 0.5) is 0 Å². The Morgan fingerprint density at radius 2 is 1.90 bits per heavy atom. The van der Waals surface area contributed by atoms with E-state index in [9.17, 15) is 0 Å². The van der Waals surface area contributed by atoms with Gasteiger partial charge in [-0.3, -0.25) is 4.99 Å². The van der Waals surface area contributed by atoms with Crippen LogP contribution < -0.4 is 5.32 Å². The first-order valence-electron chi connectivity index (χ1n) is 8.74. The monoisotopic (exact) mass is 295 g/mol. The highest BCUT2D eigenvalue weighted by atomic mass is 16.5. The summed E-state index contributed by atoms with van der Waals surface area (Å²) < 4.78 is 5.62. The molecule has 2 unspecified atom stereocenters. The van der Waals surface area contributed by atoms with Crippen LogP contribution in [-0.2, 0) is 4.74 Å². The Labute approximate surface area is 130 Å². The second-order valence-corrected chi connectivity index (χ2v) is 7.01. The molecule has 122 valence electrons. The van der Waals surface area contributed by atoms with Crippen LogP contribution in [0.25, 0.3) is 0 Å². The van der Waals surface area contributed by atoms with Crippen molar-refractivity contribution in [3.63, 3.8) is 0 Å². The number of hydrogen-bond acceptors (Lipinski definition) is 2. The summed E-state index contributed by atoms with van der Waals surface area (Å²) >= 11 is 0. The van der Waals surface area contributed by atoms with Crippen molar-refractivity contribution in [1.82, 2.24) is 10.2 Å². The summed E-state index contributed by atoms with van der Waals surface area (Å²) in [6, 6.07) is 0. The second-order valence-electron chi connectivity index (χ2n) is 7.01. The highest BCUT2D eigenvalue weighted by Crippen LogP contribution is 2.35. The van der Waals surface area contributed by atoms with Crippen molar-refractivity contribution in [3.05, 3.63) is 0 Å². The quantitative estimate of drug-likeness (QED) is 0.465. The number of rotatable bonds is 6. The number of fused-ring (bicyclic) bond motifs is 1. The molecule has 0 aromatic carbocycles. The molecule has 4 heteroatoms. The summed E-state index contributed by atoms with van der Waals surface area (Å²) in [6.45, 7) is 9.44. The van der Waals surface area contributed by atoms with Gasteiger partial charge in [0.1, 0.15) is 0 Å². The first-order valence-corrected chi connectivity index (χ1v) is 8.74. The van der Waals surface area contributed by atoms with E-state index in [-0.39, 0.29) is 0 Å². The maximum Gasteiger partial charge on any atom is 0.193 e. The minimum atomic E-state index is 0.624. The maximum absolute atomic E-state index is 5.62. The summed E-state index contributed by atoms with van der Waals surface area (Å²) in [5, 5.41) is 3.51. The highest BCUT2D eigenvalue weighted by Gasteiger charge is 2.35. The lowest BCUT2D eigenvalue weighted by Crippen LogP contribution is -2.40. The van der Waals surface area contributed by atoms with E-state index in [0.29, 0.717) is 5.92 Å². The minimum absolute atomic E-state index is 0.624. The highest BCUT2D eigenvalue weighted by molar-refractivity contribution is 5.80. The van der Waals surface area contributed by atoms with Gasteiger partial charge in [-0.15, -0.1) is 0 Å². The molecular formula is C17H33N3O. The lowest BCUT2D eigenvalue weighted by molar-refractivity contribution is 0.108. The standard InChI is InChI=1S/C17H33N3O/c1-14(2)13-21-10-6-9-19-17(18-3)20-11-15-7-4-5-8-16(15)12-20/h14-16H,4-13H2,1-3H3,(H,18,19). The largest absolute Gasteiger partial charge is 0.381 e. The zero-order valence-corrected chi connectivity index (χ0v) is 14.1. The summed E-state index contributed by atoms with van der Waals surface area (Å²) in [4.78, 5) is 6.93. The number of nitrogens with one attached hydrogen (secondary N) is 1. The van der Waals surface area contributed by atoms with E-state index in [4.69, 9.17) is 4.74 Å². The van der Waals surface area contributed by atoms with Crippen molar-refractivity contribution >= 4 is 5.96 Å². The Bertz CT molecular complexity index is 316. The summed E-state index contributed by atoms with van der Waals surface area (Å²) in [7, 11) is 1.90. The van der Waals surface area contributed by atoms with Crippen LogP contribution in [0.3, 0.4) is 0 Å². The lowest BCUT2D eigenvalue weighted by Gasteiger charge is -2.22. The van der Waals surface area contributed by atoms with Crippen molar-refractivity contribution < 1.29 is 4.74 Å². The third-order valence-corrected chi connectivity index (χ3v) is 4.69. The van der Waals surface area contributed by atoms with Crippen molar-refractivity contribution in [3.8, 4) is 0 Å². The molecule has 1 N–H and O–H groups in total. The Morgan fingerprint density at radius 3 is 2.48 bits per heavy atom. The van der Waals surface area contributed by atoms with Gasteiger partial charge in [-0.2, -0.15) is 0 Å². The molecule has 21 heavy (non-hydrogen) atoms. The van der Waals surface area contributed by atoms with Crippen LogP contribution in [0.5, 0.6) is 0 Å². The molecule has 1 heterocycles. The zero-order valence-electron chi connectivity index (χ0n) is 14.1. The van der Waals surface area contributed by atoms with Gasteiger partial charge in [-0.25, -0.2) is 0 Å². The van der Waals surface area contributed by atoms with Gasteiger partial charge in [-0.1, -0.05) is 26.7 Å². The molecule has 1 saturated heterocycles. The predicted octanol–water partition coefficient (Wildman–Crippen LogP) is 2.75. The fourth-order valence-electron chi connectivity index (χ4n) is 3.60. The first-order chi connectivity index (χ1) is 10.2. The molecule has 1 aliphatic heterocycles. The van der Waals surface area contributed by atoms with Gasteiger partial charge < -0.3 is 15.0 Å².